The molecule has 2 amide bonds. The lowest BCUT2D eigenvalue weighted by molar-refractivity contribution is 0.181. The van der Waals surface area contributed by atoms with Crippen molar-refractivity contribution in [2.75, 3.05) is 5.32 Å². The van der Waals surface area contributed by atoms with Crippen LogP contribution < -0.4 is 5.32 Å². The van der Waals surface area contributed by atoms with Gasteiger partial charge in [0.25, 0.3) is 0 Å². The molecular weight excluding hydrogens is 409 g/mol. The van der Waals surface area contributed by atoms with Crippen LogP contribution in [-0.2, 0) is 6.54 Å². The Kier molecular flexibility index (Phi) is 4.74. The number of nitrogens with one attached hydrogen (secondary N) is 1. The minimum absolute atomic E-state index is 0.106. The molecule has 1 unspecified atom stereocenters. The van der Waals surface area contributed by atoms with Gasteiger partial charge < -0.3 is 14.8 Å². The molecule has 0 spiro atoms. The number of para-hydroxylation sites is 1. The third kappa shape index (κ3) is 3.25. The number of nitrogens with zero attached hydrogens (tertiary/aromatic N) is 2. The van der Waals surface area contributed by atoms with Gasteiger partial charge in [0.2, 0.25) is 0 Å². The molecule has 0 bridgehead atoms. The number of hydrogen-bond donors (Lipinski definition) is 1. The molecule has 2 heterocycles. The molecule has 1 aliphatic heterocycles. The van der Waals surface area contributed by atoms with Gasteiger partial charge in [-0.25, -0.2) is 9.18 Å². The first-order valence-corrected chi connectivity index (χ1v) is 9.66. The second-order valence-electron chi connectivity index (χ2n) is 6.54. The normalized spacial score (nSPS) is 15.7. The van der Waals surface area contributed by atoms with E-state index in [1.165, 1.54) is 6.07 Å². The third-order valence-electron chi connectivity index (χ3n) is 4.91. The SMILES string of the molecule is CCC1c2cccn2-c2ccccc2CN1C(=O)Nc1ccc(Br)cc1F. The van der Waals surface area contributed by atoms with Gasteiger partial charge in [-0.3, -0.25) is 0 Å². The molecule has 6 heteroatoms. The zero-order valence-electron chi connectivity index (χ0n) is 14.8. The van der Waals surface area contributed by atoms with Crippen molar-refractivity contribution in [3.8, 4) is 5.69 Å². The standard InChI is InChI=1S/C21H19BrFN3O/c1-2-18-20-8-5-11-25(20)19-7-4-3-6-14(19)13-26(18)21(27)24-17-10-9-15(22)12-16(17)23/h3-12,18H,2,13H2,1H3,(H,24,27). The Morgan fingerprint density at radius 2 is 2.04 bits per heavy atom. The topological polar surface area (TPSA) is 37.3 Å². The quantitative estimate of drug-likeness (QED) is 0.544. The largest absolute Gasteiger partial charge is 0.322 e. The van der Waals surface area contributed by atoms with Crippen LogP contribution in [0.3, 0.4) is 0 Å². The molecule has 4 rings (SSSR count). The van der Waals surface area contributed by atoms with Gasteiger partial charge in [0.1, 0.15) is 5.82 Å². The monoisotopic (exact) mass is 427 g/mol. The molecule has 138 valence electrons. The van der Waals surface area contributed by atoms with Crippen molar-refractivity contribution in [2.24, 2.45) is 0 Å². The lowest BCUT2D eigenvalue weighted by Gasteiger charge is -2.29. The number of anilines is 1. The highest BCUT2D eigenvalue weighted by molar-refractivity contribution is 9.10. The van der Waals surface area contributed by atoms with E-state index >= 15 is 0 Å². The van der Waals surface area contributed by atoms with E-state index in [2.05, 4.69) is 38.8 Å². The average molecular weight is 428 g/mol. The molecule has 1 aromatic heterocycles. The number of aromatic nitrogens is 1. The van der Waals surface area contributed by atoms with Crippen molar-refractivity contribution >= 4 is 27.6 Å². The molecule has 2 aromatic carbocycles. The van der Waals surface area contributed by atoms with Crippen molar-refractivity contribution in [1.82, 2.24) is 9.47 Å². The lowest BCUT2D eigenvalue weighted by atomic mass is 10.1. The number of fused-ring (bicyclic) bond motifs is 3. The first-order valence-electron chi connectivity index (χ1n) is 8.86. The minimum Gasteiger partial charge on any atom is -0.318 e. The van der Waals surface area contributed by atoms with Crippen molar-refractivity contribution < 1.29 is 9.18 Å². The van der Waals surface area contributed by atoms with Crippen LogP contribution in [-0.4, -0.2) is 15.5 Å². The maximum absolute atomic E-state index is 14.2. The predicted molar refractivity (Wildman–Crippen MR) is 107 cm³/mol. The number of carbonyl (C=O) groups excluding carboxylic acids is 1. The molecule has 0 aliphatic carbocycles. The Morgan fingerprint density at radius 3 is 2.81 bits per heavy atom. The summed E-state index contributed by atoms with van der Waals surface area (Å²) in [5.74, 6) is -0.468. The zero-order chi connectivity index (χ0) is 19.0. The van der Waals surface area contributed by atoms with Gasteiger partial charge in [0, 0.05) is 16.4 Å². The number of hydrogen-bond acceptors (Lipinski definition) is 1. The maximum Gasteiger partial charge on any atom is 0.322 e. The zero-order valence-corrected chi connectivity index (χ0v) is 16.4. The van der Waals surface area contributed by atoms with Crippen LogP contribution in [0.4, 0.5) is 14.9 Å². The fourth-order valence-electron chi connectivity index (χ4n) is 3.64. The highest BCUT2D eigenvalue weighted by Gasteiger charge is 2.30. The summed E-state index contributed by atoms with van der Waals surface area (Å²) >= 11 is 3.24. The second-order valence-corrected chi connectivity index (χ2v) is 7.45. The van der Waals surface area contributed by atoms with E-state index in [-0.39, 0.29) is 17.8 Å². The summed E-state index contributed by atoms with van der Waals surface area (Å²) in [6, 6.07) is 16.3. The van der Waals surface area contributed by atoms with E-state index in [4.69, 9.17) is 0 Å². The Labute approximate surface area is 165 Å². The number of carbonyl (C=O) groups is 1. The van der Waals surface area contributed by atoms with Crippen LogP contribution in [0.25, 0.3) is 5.69 Å². The smallest absolute Gasteiger partial charge is 0.318 e. The van der Waals surface area contributed by atoms with Gasteiger partial charge in [-0.15, -0.1) is 0 Å². The van der Waals surface area contributed by atoms with Gasteiger partial charge in [0.15, 0.2) is 0 Å². The van der Waals surface area contributed by atoms with Gasteiger partial charge >= 0.3 is 6.03 Å². The third-order valence-corrected chi connectivity index (χ3v) is 5.40. The molecule has 3 aromatic rings. The lowest BCUT2D eigenvalue weighted by Crippen LogP contribution is -2.37. The average Bonchev–Trinajstić information content (AvgIpc) is 3.08. The maximum atomic E-state index is 14.2. The van der Waals surface area contributed by atoms with E-state index in [0.717, 1.165) is 23.4 Å². The van der Waals surface area contributed by atoms with E-state index in [1.807, 2.05) is 36.5 Å². The summed E-state index contributed by atoms with van der Waals surface area (Å²) < 4.78 is 17.0. The summed E-state index contributed by atoms with van der Waals surface area (Å²) in [4.78, 5) is 14.9. The Morgan fingerprint density at radius 1 is 1.22 bits per heavy atom. The van der Waals surface area contributed by atoms with Crippen LogP contribution in [0, 0.1) is 5.82 Å². The Bertz CT molecular complexity index is 1000. The summed E-state index contributed by atoms with van der Waals surface area (Å²) in [5, 5.41) is 2.73. The first-order chi connectivity index (χ1) is 13.1. The summed E-state index contributed by atoms with van der Waals surface area (Å²) in [7, 11) is 0. The molecule has 0 radical (unpaired) electrons. The number of rotatable bonds is 2. The van der Waals surface area contributed by atoms with E-state index in [1.54, 1.807) is 17.0 Å². The fraction of sp³-hybridized carbons (Fsp3) is 0.190. The molecule has 1 atom stereocenters. The van der Waals surface area contributed by atoms with Crippen LogP contribution in [0.5, 0.6) is 0 Å². The van der Waals surface area contributed by atoms with Crippen molar-refractivity contribution in [1.29, 1.82) is 0 Å². The summed E-state index contributed by atoms with van der Waals surface area (Å²) in [5.41, 5.74) is 3.35. The second kappa shape index (κ2) is 7.19. The minimum atomic E-state index is -0.468. The van der Waals surface area contributed by atoms with E-state index < -0.39 is 5.82 Å². The number of benzene rings is 2. The highest BCUT2D eigenvalue weighted by atomic mass is 79.9. The van der Waals surface area contributed by atoms with E-state index in [0.29, 0.717) is 11.0 Å². The van der Waals surface area contributed by atoms with Crippen molar-refractivity contribution in [3.63, 3.8) is 0 Å². The molecule has 0 saturated carbocycles. The molecule has 27 heavy (non-hydrogen) atoms. The van der Waals surface area contributed by atoms with Gasteiger partial charge in [-0.1, -0.05) is 41.1 Å². The summed E-state index contributed by atoms with van der Waals surface area (Å²) in [6.07, 6.45) is 2.78. The van der Waals surface area contributed by atoms with Gasteiger partial charge in [-0.2, -0.15) is 0 Å². The molecule has 0 saturated heterocycles. The number of halogens is 2. The van der Waals surface area contributed by atoms with Gasteiger partial charge in [0.05, 0.1) is 24.0 Å². The van der Waals surface area contributed by atoms with Gasteiger partial charge in [-0.05, 0) is 48.4 Å². The first kappa shape index (κ1) is 17.8. The highest BCUT2D eigenvalue weighted by Crippen LogP contribution is 2.34. The van der Waals surface area contributed by atoms with Crippen LogP contribution >= 0.6 is 15.9 Å². The van der Waals surface area contributed by atoms with Crippen LogP contribution in [0.2, 0.25) is 0 Å². The van der Waals surface area contributed by atoms with Crippen molar-refractivity contribution in [3.05, 3.63) is 82.3 Å². The molecule has 1 N–H and O–H groups in total. The Balaban J connectivity index is 1.72. The van der Waals surface area contributed by atoms with Crippen molar-refractivity contribution in [2.45, 2.75) is 25.9 Å². The summed E-state index contributed by atoms with van der Waals surface area (Å²) in [6.45, 7) is 2.51. The van der Waals surface area contributed by atoms with Crippen LogP contribution in [0.15, 0.2) is 65.3 Å². The molecule has 1 aliphatic rings. The predicted octanol–water partition coefficient (Wildman–Crippen LogP) is 5.88. The molecular formula is C21H19BrFN3O. The number of amides is 2. The molecule has 4 nitrogen and oxygen atoms in total. The number of urea groups is 1. The Hall–Kier alpha value is -2.60. The van der Waals surface area contributed by atoms with Crippen LogP contribution in [0.1, 0.15) is 30.6 Å². The fourth-order valence-corrected chi connectivity index (χ4v) is 3.97. The van der Waals surface area contributed by atoms with E-state index in [9.17, 15) is 9.18 Å². The molecule has 0 fully saturated rings.